The molecular formula is C22H27N3O3. The minimum Gasteiger partial charge on any atom is -0.489 e. The average molecular weight is 381 g/mol. The molecule has 0 saturated heterocycles. The van der Waals surface area contributed by atoms with E-state index >= 15 is 0 Å². The molecule has 0 radical (unpaired) electrons. The molecule has 2 aromatic carbocycles. The maximum atomic E-state index is 12.7. The molecule has 0 spiro atoms. The number of carbonyl (C=O) groups excluding carboxylic acids is 2. The smallest absolute Gasteiger partial charge is 0.253 e. The first-order valence-electron chi connectivity index (χ1n) is 9.35. The van der Waals surface area contributed by atoms with E-state index in [-0.39, 0.29) is 17.9 Å². The first kappa shape index (κ1) is 19.7. The minimum absolute atomic E-state index is 0.0539. The summed E-state index contributed by atoms with van der Waals surface area (Å²) in [4.78, 5) is 28.5. The van der Waals surface area contributed by atoms with Gasteiger partial charge in [-0.05, 0) is 43.2 Å². The van der Waals surface area contributed by atoms with Gasteiger partial charge in [0.2, 0.25) is 5.91 Å². The number of hydrogen-bond donors (Lipinski definition) is 1. The number of amides is 2. The molecule has 1 N–H and O–H groups in total. The summed E-state index contributed by atoms with van der Waals surface area (Å²) < 4.78 is 5.85. The predicted octanol–water partition coefficient (Wildman–Crippen LogP) is 3.23. The summed E-state index contributed by atoms with van der Waals surface area (Å²) >= 11 is 0. The van der Waals surface area contributed by atoms with Crippen LogP contribution in [-0.2, 0) is 4.79 Å². The largest absolute Gasteiger partial charge is 0.489 e. The molecule has 1 aliphatic heterocycles. The number of anilines is 2. The van der Waals surface area contributed by atoms with E-state index in [2.05, 4.69) is 5.32 Å². The van der Waals surface area contributed by atoms with E-state index in [1.807, 2.05) is 56.1 Å². The Hall–Kier alpha value is -3.02. The lowest BCUT2D eigenvalue weighted by atomic mass is 10.1. The highest BCUT2D eigenvalue weighted by atomic mass is 16.5. The van der Waals surface area contributed by atoms with Crippen LogP contribution in [0.3, 0.4) is 0 Å². The monoisotopic (exact) mass is 381 g/mol. The zero-order valence-electron chi connectivity index (χ0n) is 17.1. The van der Waals surface area contributed by atoms with Crippen LogP contribution in [0.5, 0.6) is 5.75 Å². The maximum absolute atomic E-state index is 12.7. The first-order valence-corrected chi connectivity index (χ1v) is 9.35. The average Bonchev–Trinajstić information content (AvgIpc) is 2.66. The third-order valence-electron chi connectivity index (χ3n) is 5.14. The number of para-hydroxylation sites is 1. The number of benzene rings is 2. The Morgan fingerprint density at radius 3 is 2.50 bits per heavy atom. The quantitative estimate of drug-likeness (QED) is 0.883. The minimum atomic E-state index is -0.110. The fourth-order valence-electron chi connectivity index (χ4n) is 3.41. The number of aryl methyl sites for hydroxylation is 2. The van der Waals surface area contributed by atoms with Gasteiger partial charge in [0.1, 0.15) is 12.4 Å². The van der Waals surface area contributed by atoms with Gasteiger partial charge in [-0.2, -0.15) is 0 Å². The van der Waals surface area contributed by atoms with E-state index < -0.39 is 0 Å². The fourth-order valence-corrected chi connectivity index (χ4v) is 3.41. The second-order valence-electron chi connectivity index (χ2n) is 7.48. The number of rotatable bonds is 4. The number of hydrogen-bond acceptors (Lipinski definition) is 4. The lowest BCUT2D eigenvalue weighted by molar-refractivity contribution is -0.116. The molecule has 0 fully saturated rings. The van der Waals surface area contributed by atoms with Crippen LogP contribution >= 0.6 is 0 Å². The maximum Gasteiger partial charge on any atom is 0.253 e. The van der Waals surface area contributed by atoms with Gasteiger partial charge in [0.05, 0.1) is 18.2 Å². The van der Waals surface area contributed by atoms with Crippen molar-refractivity contribution in [3.05, 3.63) is 53.1 Å². The van der Waals surface area contributed by atoms with Gasteiger partial charge >= 0.3 is 0 Å². The molecule has 2 aromatic rings. The van der Waals surface area contributed by atoms with Gasteiger partial charge in [-0.25, -0.2) is 0 Å². The Bertz CT molecular complexity index is 888. The molecule has 0 saturated carbocycles. The molecule has 0 unspecified atom stereocenters. The van der Waals surface area contributed by atoms with Crippen LogP contribution < -0.4 is 15.0 Å². The molecule has 148 valence electrons. The van der Waals surface area contributed by atoms with Crippen molar-refractivity contribution in [3.8, 4) is 5.75 Å². The summed E-state index contributed by atoms with van der Waals surface area (Å²) in [5.74, 6) is 0.608. The van der Waals surface area contributed by atoms with Crippen molar-refractivity contribution in [2.45, 2.75) is 26.3 Å². The van der Waals surface area contributed by atoms with Crippen molar-refractivity contribution in [1.82, 2.24) is 4.90 Å². The van der Waals surface area contributed by atoms with Gasteiger partial charge < -0.3 is 19.9 Å². The number of ether oxygens (including phenoxy) is 1. The first-order chi connectivity index (χ1) is 13.3. The van der Waals surface area contributed by atoms with Gasteiger partial charge in [0.25, 0.3) is 5.91 Å². The van der Waals surface area contributed by atoms with Gasteiger partial charge in [0, 0.05) is 32.4 Å². The number of carbonyl (C=O) groups is 2. The third-order valence-corrected chi connectivity index (χ3v) is 5.14. The Kier molecular flexibility index (Phi) is 5.58. The number of fused-ring (bicyclic) bond motifs is 1. The standard InChI is InChI=1S/C22H27N3O3/c1-14-7-6-8-15(2)21(14)23-20(26)12-17-13-28-19-10-9-16(22(27)24(3)4)11-18(19)25(17)5/h6-11,17H,12-13H2,1-5H3,(H,23,26)/t17-/m0/s1. The molecule has 6 nitrogen and oxygen atoms in total. The molecular weight excluding hydrogens is 354 g/mol. The molecule has 2 amide bonds. The highest BCUT2D eigenvalue weighted by molar-refractivity contribution is 5.96. The van der Waals surface area contributed by atoms with Crippen LogP contribution in [0, 0.1) is 13.8 Å². The van der Waals surface area contributed by atoms with Crippen LogP contribution in [0.1, 0.15) is 27.9 Å². The molecule has 3 rings (SSSR count). The SMILES string of the molecule is Cc1cccc(C)c1NC(=O)C[C@H]1COc2ccc(C(=O)N(C)C)cc2N1C. The van der Waals surface area contributed by atoms with E-state index in [1.54, 1.807) is 25.1 Å². The van der Waals surface area contributed by atoms with Crippen LogP contribution in [0.2, 0.25) is 0 Å². The third kappa shape index (κ3) is 3.96. The van der Waals surface area contributed by atoms with Gasteiger partial charge in [-0.1, -0.05) is 18.2 Å². The summed E-state index contributed by atoms with van der Waals surface area (Å²) in [7, 11) is 5.38. The summed E-state index contributed by atoms with van der Waals surface area (Å²) in [5, 5.41) is 3.03. The second kappa shape index (κ2) is 7.92. The summed E-state index contributed by atoms with van der Waals surface area (Å²) in [6.07, 6.45) is 0.301. The van der Waals surface area contributed by atoms with Crippen LogP contribution in [0.4, 0.5) is 11.4 Å². The molecule has 6 heteroatoms. The summed E-state index contributed by atoms with van der Waals surface area (Å²) in [6.45, 7) is 4.39. The van der Waals surface area contributed by atoms with E-state index in [9.17, 15) is 9.59 Å². The summed E-state index contributed by atoms with van der Waals surface area (Å²) in [6, 6.07) is 11.2. The zero-order chi connectivity index (χ0) is 20.4. The van der Waals surface area contributed by atoms with Gasteiger partial charge in [-0.3, -0.25) is 9.59 Å². The van der Waals surface area contributed by atoms with Crippen molar-refractivity contribution >= 4 is 23.2 Å². The lowest BCUT2D eigenvalue weighted by Crippen LogP contribution is -2.42. The Balaban J connectivity index is 1.74. The normalized spacial score (nSPS) is 15.5. The van der Waals surface area contributed by atoms with Crippen molar-refractivity contribution in [3.63, 3.8) is 0 Å². The lowest BCUT2D eigenvalue weighted by Gasteiger charge is -2.36. The van der Waals surface area contributed by atoms with Crippen molar-refractivity contribution < 1.29 is 14.3 Å². The van der Waals surface area contributed by atoms with Crippen LogP contribution in [0.15, 0.2) is 36.4 Å². The number of likely N-dealkylation sites (N-methyl/N-ethyl adjacent to an activating group) is 1. The molecule has 1 aliphatic rings. The van der Waals surface area contributed by atoms with Crippen molar-refractivity contribution in [2.24, 2.45) is 0 Å². The van der Waals surface area contributed by atoms with Gasteiger partial charge in [0.15, 0.2) is 0 Å². The molecule has 0 aromatic heterocycles. The zero-order valence-corrected chi connectivity index (χ0v) is 17.1. The van der Waals surface area contributed by atoms with Crippen molar-refractivity contribution in [1.29, 1.82) is 0 Å². The molecule has 0 bridgehead atoms. The molecule has 28 heavy (non-hydrogen) atoms. The molecule has 1 heterocycles. The van der Waals surface area contributed by atoms with E-state index in [1.165, 1.54) is 0 Å². The Morgan fingerprint density at radius 2 is 1.86 bits per heavy atom. The van der Waals surface area contributed by atoms with E-state index in [0.717, 1.165) is 28.3 Å². The van der Waals surface area contributed by atoms with E-state index in [4.69, 9.17) is 4.74 Å². The van der Waals surface area contributed by atoms with Gasteiger partial charge in [-0.15, -0.1) is 0 Å². The highest BCUT2D eigenvalue weighted by Gasteiger charge is 2.28. The Morgan fingerprint density at radius 1 is 1.18 bits per heavy atom. The van der Waals surface area contributed by atoms with Crippen LogP contribution in [-0.4, -0.2) is 50.5 Å². The number of nitrogens with one attached hydrogen (secondary N) is 1. The highest BCUT2D eigenvalue weighted by Crippen LogP contribution is 2.35. The second-order valence-corrected chi connectivity index (χ2v) is 7.48. The topological polar surface area (TPSA) is 61.9 Å². The molecule has 0 aliphatic carbocycles. The summed E-state index contributed by atoms with van der Waals surface area (Å²) in [5.41, 5.74) is 4.37. The van der Waals surface area contributed by atoms with E-state index in [0.29, 0.717) is 18.6 Å². The Labute approximate surface area is 166 Å². The number of nitrogens with zero attached hydrogens (tertiary/aromatic N) is 2. The van der Waals surface area contributed by atoms with Crippen molar-refractivity contribution in [2.75, 3.05) is 38.0 Å². The fraction of sp³-hybridized carbons (Fsp3) is 0.364. The van der Waals surface area contributed by atoms with Crippen LogP contribution in [0.25, 0.3) is 0 Å². The predicted molar refractivity (Wildman–Crippen MR) is 111 cm³/mol. The molecule has 1 atom stereocenters.